The van der Waals surface area contributed by atoms with Crippen LogP contribution in [-0.4, -0.2) is 11.5 Å². The van der Waals surface area contributed by atoms with E-state index in [1.165, 1.54) is 0 Å². The van der Waals surface area contributed by atoms with Gasteiger partial charge < -0.3 is 5.73 Å². The molecule has 1 aliphatic heterocycles. The van der Waals surface area contributed by atoms with Crippen LogP contribution in [0.25, 0.3) is 0 Å². The monoisotopic (exact) mass is 386 g/mol. The lowest BCUT2D eigenvalue weighted by Gasteiger charge is -2.43. The van der Waals surface area contributed by atoms with Gasteiger partial charge in [0.2, 0.25) is 0 Å². The topological polar surface area (TPSA) is 97.4 Å². The number of halogens is 2. The van der Waals surface area contributed by atoms with Crippen LogP contribution >= 0.6 is 35.0 Å². The van der Waals surface area contributed by atoms with Crippen molar-refractivity contribution in [3.63, 3.8) is 0 Å². The van der Waals surface area contributed by atoms with Crippen molar-refractivity contribution in [3.8, 4) is 18.2 Å². The predicted molar refractivity (Wildman–Crippen MR) is 98.6 cm³/mol. The zero-order valence-electron chi connectivity index (χ0n) is 13.0. The van der Waals surface area contributed by atoms with E-state index in [0.29, 0.717) is 21.4 Å². The molecule has 25 heavy (non-hydrogen) atoms. The van der Waals surface area contributed by atoms with Crippen LogP contribution in [0.15, 0.2) is 41.1 Å². The molecule has 2 N–H and O–H groups in total. The molecule has 1 aromatic rings. The van der Waals surface area contributed by atoms with Crippen LogP contribution in [0.5, 0.6) is 0 Å². The molecule has 0 fully saturated rings. The fourth-order valence-corrected chi connectivity index (χ4v) is 5.17. The van der Waals surface area contributed by atoms with Gasteiger partial charge in [0, 0.05) is 33.4 Å². The number of nitrogens with two attached hydrogens (primary N) is 1. The van der Waals surface area contributed by atoms with Gasteiger partial charge in [-0.25, -0.2) is 0 Å². The van der Waals surface area contributed by atoms with Gasteiger partial charge in [0.05, 0.1) is 23.4 Å². The Morgan fingerprint density at radius 3 is 2.52 bits per heavy atom. The SMILES string of the molecule is N#CC1=C(N)C(C#N)(C#N)[C@H](c2ccc(Cl)cc2Cl)[C@@H]2CSCC=C12. The summed E-state index contributed by atoms with van der Waals surface area (Å²) in [7, 11) is 0. The largest absolute Gasteiger partial charge is 0.399 e. The lowest BCUT2D eigenvalue weighted by atomic mass is 9.59. The summed E-state index contributed by atoms with van der Waals surface area (Å²) in [5, 5.41) is 30.2. The summed E-state index contributed by atoms with van der Waals surface area (Å²) < 4.78 is 0. The van der Waals surface area contributed by atoms with E-state index in [4.69, 9.17) is 28.9 Å². The maximum absolute atomic E-state index is 9.90. The molecule has 0 radical (unpaired) electrons. The molecule has 124 valence electrons. The molecule has 3 rings (SSSR count). The molecule has 0 unspecified atom stereocenters. The molecule has 2 atom stereocenters. The van der Waals surface area contributed by atoms with E-state index in [9.17, 15) is 15.8 Å². The quantitative estimate of drug-likeness (QED) is 0.781. The second kappa shape index (κ2) is 6.66. The van der Waals surface area contributed by atoms with Gasteiger partial charge in [-0.1, -0.05) is 35.3 Å². The van der Waals surface area contributed by atoms with Gasteiger partial charge in [0.15, 0.2) is 5.41 Å². The molecule has 7 heteroatoms. The summed E-state index contributed by atoms with van der Waals surface area (Å²) in [6, 6.07) is 11.3. The summed E-state index contributed by atoms with van der Waals surface area (Å²) in [5.41, 5.74) is 6.25. The van der Waals surface area contributed by atoms with E-state index in [2.05, 4.69) is 18.2 Å². The molecule has 0 spiro atoms. The van der Waals surface area contributed by atoms with Crippen molar-refractivity contribution in [2.45, 2.75) is 5.92 Å². The number of thioether (sulfide) groups is 1. The van der Waals surface area contributed by atoms with Crippen LogP contribution < -0.4 is 5.73 Å². The number of rotatable bonds is 1. The molecule has 1 aromatic carbocycles. The maximum atomic E-state index is 9.90. The molecule has 1 aliphatic carbocycles. The van der Waals surface area contributed by atoms with Crippen molar-refractivity contribution in [1.29, 1.82) is 15.8 Å². The Balaban J connectivity index is 2.36. The summed E-state index contributed by atoms with van der Waals surface area (Å²) in [6.07, 6.45) is 1.96. The van der Waals surface area contributed by atoms with Gasteiger partial charge in [-0.2, -0.15) is 27.5 Å². The third-order valence-corrected chi connectivity index (χ3v) is 6.29. The second-order valence-corrected chi connectivity index (χ2v) is 7.80. The predicted octanol–water partition coefficient (Wildman–Crippen LogP) is 4.15. The average Bonchev–Trinajstić information content (AvgIpc) is 2.62. The Morgan fingerprint density at radius 2 is 1.92 bits per heavy atom. The lowest BCUT2D eigenvalue weighted by Crippen LogP contribution is -2.43. The van der Waals surface area contributed by atoms with Crippen molar-refractivity contribution < 1.29 is 0 Å². The minimum atomic E-state index is -1.65. The first kappa shape index (κ1) is 17.7. The standard InChI is InChI=1S/C18H12Cl2N4S/c19-10-1-2-12(15(20)5-10)16-14-7-25-4-3-11(14)13(6-21)17(24)18(16,8-22)9-23/h1-3,5,14,16H,4,7,24H2/t14-,16-/m1/s1. The van der Waals surface area contributed by atoms with Crippen molar-refractivity contribution in [3.05, 3.63) is 56.7 Å². The van der Waals surface area contributed by atoms with Gasteiger partial charge in [0.1, 0.15) is 6.07 Å². The number of nitrogens with zero attached hydrogens (tertiary/aromatic N) is 3. The van der Waals surface area contributed by atoms with Gasteiger partial charge >= 0.3 is 0 Å². The van der Waals surface area contributed by atoms with E-state index in [0.717, 1.165) is 11.3 Å². The fraction of sp³-hybridized carbons (Fsp3) is 0.278. The van der Waals surface area contributed by atoms with Crippen LogP contribution in [0.4, 0.5) is 0 Å². The van der Waals surface area contributed by atoms with E-state index < -0.39 is 11.3 Å². The fourth-order valence-electron chi connectivity index (χ4n) is 3.58. The first-order valence-corrected chi connectivity index (χ1v) is 9.37. The molecule has 0 saturated heterocycles. The second-order valence-electron chi connectivity index (χ2n) is 5.88. The van der Waals surface area contributed by atoms with Crippen LogP contribution in [0.1, 0.15) is 11.5 Å². The normalized spacial score (nSPS) is 24.4. The highest BCUT2D eigenvalue weighted by Crippen LogP contribution is 2.56. The van der Waals surface area contributed by atoms with Crippen molar-refractivity contribution >= 4 is 35.0 Å². The number of fused-ring (bicyclic) bond motifs is 1. The zero-order valence-corrected chi connectivity index (χ0v) is 15.3. The highest BCUT2D eigenvalue weighted by molar-refractivity contribution is 7.99. The maximum Gasteiger partial charge on any atom is 0.191 e. The Kier molecular flexibility index (Phi) is 4.72. The summed E-state index contributed by atoms with van der Waals surface area (Å²) in [4.78, 5) is 0. The first-order chi connectivity index (χ1) is 12.0. The van der Waals surface area contributed by atoms with Gasteiger partial charge in [0.25, 0.3) is 0 Å². The van der Waals surface area contributed by atoms with Crippen LogP contribution in [0.2, 0.25) is 10.0 Å². The Labute approximate surface area is 160 Å². The van der Waals surface area contributed by atoms with E-state index in [1.54, 1.807) is 30.0 Å². The minimum absolute atomic E-state index is 0.00502. The van der Waals surface area contributed by atoms with E-state index >= 15 is 0 Å². The van der Waals surface area contributed by atoms with E-state index in [-0.39, 0.29) is 17.2 Å². The van der Waals surface area contributed by atoms with Crippen LogP contribution in [-0.2, 0) is 0 Å². The van der Waals surface area contributed by atoms with Crippen LogP contribution in [0, 0.1) is 45.3 Å². The van der Waals surface area contributed by atoms with Crippen LogP contribution in [0.3, 0.4) is 0 Å². The molecule has 2 aliphatic rings. The van der Waals surface area contributed by atoms with Crippen molar-refractivity contribution in [2.75, 3.05) is 11.5 Å². The van der Waals surface area contributed by atoms with Gasteiger partial charge in [-0.3, -0.25) is 0 Å². The average molecular weight is 387 g/mol. The molecule has 0 amide bonds. The third-order valence-electron chi connectivity index (χ3n) is 4.73. The Morgan fingerprint density at radius 1 is 1.20 bits per heavy atom. The zero-order chi connectivity index (χ0) is 18.2. The summed E-state index contributed by atoms with van der Waals surface area (Å²) in [5.74, 6) is 0.679. The van der Waals surface area contributed by atoms with E-state index in [1.807, 2.05) is 6.08 Å². The molecular formula is C18H12Cl2N4S. The number of nitriles is 3. The lowest BCUT2D eigenvalue weighted by molar-refractivity contribution is 0.368. The minimum Gasteiger partial charge on any atom is -0.399 e. The molecule has 4 nitrogen and oxygen atoms in total. The smallest absolute Gasteiger partial charge is 0.191 e. The Bertz CT molecular complexity index is 916. The summed E-state index contributed by atoms with van der Waals surface area (Å²) >= 11 is 14.1. The third kappa shape index (κ3) is 2.59. The van der Waals surface area contributed by atoms with Crippen molar-refractivity contribution in [1.82, 2.24) is 0 Å². The highest BCUT2D eigenvalue weighted by atomic mass is 35.5. The number of allylic oxidation sites excluding steroid dienone is 3. The van der Waals surface area contributed by atoms with Gasteiger partial charge in [-0.05, 0) is 23.3 Å². The number of benzene rings is 1. The summed E-state index contributed by atoms with van der Waals surface area (Å²) in [6.45, 7) is 0. The first-order valence-electron chi connectivity index (χ1n) is 7.46. The molecule has 1 heterocycles. The molecule has 0 aromatic heterocycles. The molecule has 0 bridgehead atoms. The Hall–Kier alpha value is -2.10. The molecule has 0 saturated carbocycles. The number of hydrogen-bond donors (Lipinski definition) is 1. The van der Waals surface area contributed by atoms with Gasteiger partial charge in [-0.15, -0.1) is 0 Å². The number of hydrogen-bond acceptors (Lipinski definition) is 5. The van der Waals surface area contributed by atoms with Crippen molar-refractivity contribution in [2.24, 2.45) is 17.1 Å². The molecular weight excluding hydrogens is 375 g/mol. The highest BCUT2D eigenvalue weighted by Gasteiger charge is 2.54.